The second kappa shape index (κ2) is 8.31. The lowest BCUT2D eigenvalue weighted by atomic mass is 10.1. The molecule has 164 valence electrons. The van der Waals surface area contributed by atoms with Gasteiger partial charge >= 0.3 is 6.18 Å². The Morgan fingerprint density at radius 1 is 1.39 bits per heavy atom. The molecule has 2 rings (SSSR count). The summed E-state index contributed by atoms with van der Waals surface area (Å²) in [5.74, 6) is -3.00. The maximum Gasteiger partial charge on any atom is 0.418 e. The zero-order valence-electron chi connectivity index (χ0n) is 16.1. The molecule has 0 bridgehead atoms. The highest BCUT2D eigenvalue weighted by molar-refractivity contribution is 7.93. The fraction of sp³-hybridized carbons (Fsp3) is 0.222. The first-order valence-corrected chi connectivity index (χ1v) is 10.0. The van der Waals surface area contributed by atoms with E-state index in [0.29, 0.717) is 24.4 Å². The maximum absolute atomic E-state index is 14.6. The van der Waals surface area contributed by atoms with Crippen LogP contribution in [0.15, 0.2) is 35.8 Å². The quantitative estimate of drug-likeness (QED) is 0.502. The van der Waals surface area contributed by atoms with Crippen molar-refractivity contribution in [1.82, 2.24) is 9.78 Å². The molecular formula is C18H14F4N4O4S. The van der Waals surface area contributed by atoms with Gasteiger partial charge in [-0.3, -0.25) is 9.59 Å². The lowest BCUT2D eigenvalue weighted by Crippen LogP contribution is -2.37. The van der Waals surface area contributed by atoms with Crippen molar-refractivity contribution in [2.75, 3.05) is 10.1 Å². The number of aromatic nitrogens is 2. The molecule has 1 aromatic heterocycles. The smallest absolute Gasteiger partial charge is 0.268 e. The van der Waals surface area contributed by atoms with E-state index in [1.165, 1.54) is 13.0 Å². The standard InChI is InChI=1S/C18H14F4N4O4S/c1-4-16(27)26(31(29,30)5-2)14-7-15(13(19)6-11(14)8-23)25-17(28)10(3)12(9-24-25)18(20,21)22/h4,6-7,9H,1,5H2,2-3H3. The largest absolute Gasteiger partial charge is 0.418 e. The lowest BCUT2D eigenvalue weighted by Gasteiger charge is -2.22. The average molecular weight is 458 g/mol. The zero-order chi connectivity index (χ0) is 23.7. The first-order chi connectivity index (χ1) is 14.3. The molecule has 1 amide bonds. The van der Waals surface area contributed by atoms with Crippen molar-refractivity contribution in [2.45, 2.75) is 20.0 Å². The summed E-state index contributed by atoms with van der Waals surface area (Å²) in [5.41, 5.74) is -5.40. The number of sulfonamides is 1. The molecule has 0 radical (unpaired) electrons. The summed E-state index contributed by atoms with van der Waals surface area (Å²) in [4.78, 5) is 24.6. The van der Waals surface area contributed by atoms with Crippen LogP contribution in [0.2, 0.25) is 0 Å². The average Bonchev–Trinajstić information content (AvgIpc) is 2.69. The fourth-order valence-corrected chi connectivity index (χ4v) is 3.64. The van der Waals surface area contributed by atoms with Crippen molar-refractivity contribution < 1.29 is 30.8 Å². The number of carbonyl (C=O) groups is 1. The van der Waals surface area contributed by atoms with Gasteiger partial charge in [0.1, 0.15) is 17.6 Å². The Morgan fingerprint density at radius 3 is 2.48 bits per heavy atom. The van der Waals surface area contributed by atoms with Gasteiger partial charge in [-0.25, -0.2) is 17.1 Å². The summed E-state index contributed by atoms with van der Waals surface area (Å²) in [6.07, 6.45) is -3.93. The van der Waals surface area contributed by atoms with Crippen molar-refractivity contribution in [2.24, 2.45) is 0 Å². The Kier molecular flexibility index (Phi) is 6.36. The monoisotopic (exact) mass is 458 g/mol. The molecule has 13 heteroatoms. The number of hydrogen-bond donors (Lipinski definition) is 0. The third kappa shape index (κ3) is 4.33. The van der Waals surface area contributed by atoms with Crippen LogP contribution in [0.5, 0.6) is 0 Å². The molecule has 0 aliphatic rings. The molecule has 8 nitrogen and oxygen atoms in total. The number of amides is 1. The number of hydrogen-bond acceptors (Lipinski definition) is 6. The Balaban J connectivity index is 2.90. The van der Waals surface area contributed by atoms with E-state index in [9.17, 15) is 40.8 Å². The van der Waals surface area contributed by atoms with Gasteiger partial charge in [-0.2, -0.15) is 28.2 Å². The Hall–Kier alpha value is -3.53. The minimum atomic E-state index is -4.88. The predicted molar refractivity (Wildman–Crippen MR) is 101 cm³/mol. The first kappa shape index (κ1) is 23.7. The van der Waals surface area contributed by atoms with Crippen LogP contribution >= 0.6 is 0 Å². The molecule has 1 aromatic carbocycles. The number of nitrogens with zero attached hydrogens (tertiary/aromatic N) is 4. The van der Waals surface area contributed by atoms with Crippen LogP contribution in [0.3, 0.4) is 0 Å². The van der Waals surface area contributed by atoms with E-state index in [1.807, 2.05) is 0 Å². The molecule has 31 heavy (non-hydrogen) atoms. The minimum Gasteiger partial charge on any atom is -0.268 e. The van der Waals surface area contributed by atoms with Crippen molar-refractivity contribution in [1.29, 1.82) is 5.26 Å². The molecule has 0 aliphatic heterocycles. The molecule has 0 N–H and O–H groups in total. The molecule has 2 aromatic rings. The molecule has 0 saturated heterocycles. The molecular weight excluding hydrogens is 444 g/mol. The third-order valence-corrected chi connectivity index (χ3v) is 5.84. The van der Waals surface area contributed by atoms with Gasteiger partial charge in [-0.05, 0) is 32.1 Å². The summed E-state index contributed by atoms with van der Waals surface area (Å²) in [5, 5.41) is 12.6. The van der Waals surface area contributed by atoms with Gasteiger partial charge in [0.05, 0.1) is 28.8 Å². The summed E-state index contributed by atoms with van der Waals surface area (Å²) < 4.78 is 78.9. The van der Waals surface area contributed by atoms with E-state index < -0.39 is 67.3 Å². The van der Waals surface area contributed by atoms with Crippen LogP contribution in [-0.4, -0.2) is 29.9 Å². The fourth-order valence-electron chi connectivity index (χ4n) is 2.58. The summed E-state index contributed by atoms with van der Waals surface area (Å²) in [6, 6.07) is 2.75. The second-order valence-corrected chi connectivity index (χ2v) is 8.14. The van der Waals surface area contributed by atoms with E-state index in [2.05, 4.69) is 11.7 Å². The van der Waals surface area contributed by atoms with Gasteiger partial charge in [0.2, 0.25) is 10.0 Å². The lowest BCUT2D eigenvalue weighted by molar-refractivity contribution is -0.138. The second-order valence-electron chi connectivity index (χ2n) is 6.04. The van der Waals surface area contributed by atoms with E-state index in [0.717, 1.165) is 6.92 Å². The SMILES string of the molecule is C=CC(=O)N(c1cc(-n2ncc(C(F)(F)F)c(C)c2=O)c(F)cc1C#N)S(=O)(=O)CC. The van der Waals surface area contributed by atoms with Gasteiger partial charge in [0, 0.05) is 5.56 Å². The Bertz CT molecular complexity index is 1280. The molecule has 1 heterocycles. The predicted octanol–water partition coefficient (Wildman–Crippen LogP) is 2.44. The summed E-state index contributed by atoms with van der Waals surface area (Å²) in [7, 11) is -4.33. The Labute approximate surface area is 173 Å². The molecule has 0 aliphatic carbocycles. The van der Waals surface area contributed by atoms with Crippen molar-refractivity contribution in [3.05, 3.63) is 63.8 Å². The van der Waals surface area contributed by atoms with Crippen molar-refractivity contribution in [3.8, 4) is 11.8 Å². The summed E-state index contributed by atoms with van der Waals surface area (Å²) >= 11 is 0. The number of carbonyl (C=O) groups excluding carboxylic acids is 1. The molecule has 0 spiro atoms. The zero-order valence-corrected chi connectivity index (χ0v) is 16.9. The number of benzene rings is 1. The van der Waals surface area contributed by atoms with Gasteiger partial charge in [-0.1, -0.05) is 6.58 Å². The molecule has 0 atom stereocenters. The number of rotatable bonds is 5. The van der Waals surface area contributed by atoms with Crippen LogP contribution in [0, 0.1) is 24.1 Å². The van der Waals surface area contributed by atoms with E-state index in [-0.39, 0.29) is 8.99 Å². The topological polar surface area (TPSA) is 113 Å². The highest BCUT2D eigenvalue weighted by atomic mass is 32.2. The van der Waals surface area contributed by atoms with Crippen molar-refractivity contribution >= 4 is 21.6 Å². The van der Waals surface area contributed by atoms with E-state index in [1.54, 1.807) is 0 Å². The summed E-state index contributed by atoms with van der Waals surface area (Å²) in [6.45, 7) is 5.25. The molecule has 0 unspecified atom stereocenters. The van der Waals surface area contributed by atoms with Gasteiger partial charge in [0.25, 0.3) is 11.5 Å². The first-order valence-electron chi connectivity index (χ1n) is 8.39. The normalized spacial score (nSPS) is 11.6. The number of halogens is 4. The maximum atomic E-state index is 14.6. The van der Waals surface area contributed by atoms with Gasteiger partial charge in [0.15, 0.2) is 0 Å². The van der Waals surface area contributed by atoms with E-state index >= 15 is 0 Å². The number of nitriles is 1. The number of alkyl halides is 3. The Morgan fingerprint density at radius 2 is 2.00 bits per heavy atom. The minimum absolute atomic E-state index is 0.198. The molecule has 0 fully saturated rings. The highest BCUT2D eigenvalue weighted by Gasteiger charge is 2.35. The van der Waals surface area contributed by atoms with Crippen LogP contribution in [0.25, 0.3) is 5.69 Å². The van der Waals surface area contributed by atoms with Crippen LogP contribution in [-0.2, 0) is 21.0 Å². The van der Waals surface area contributed by atoms with E-state index in [4.69, 9.17) is 0 Å². The number of anilines is 1. The van der Waals surface area contributed by atoms with Crippen molar-refractivity contribution in [3.63, 3.8) is 0 Å². The van der Waals surface area contributed by atoms with Gasteiger partial charge in [-0.15, -0.1) is 0 Å². The van der Waals surface area contributed by atoms with Gasteiger partial charge < -0.3 is 0 Å². The van der Waals surface area contributed by atoms with Crippen LogP contribution < -0.4 is 9.86 Å². The van der Waals surface area contributed by atoms with Crippen LogP contribution in [0.1, 0.15) is 23.6 Å². The highest BCUT2D eigenvalue weighted by Crippen LogP contribution is 2.31. The van der Waals surface area contributed by atoms with Crippen LogP contribution in [0.4, 0.5) is 23.2 Å². The third-order valence-electron chi connectivity index (χ3n) is 4.18. The molecule has 0 saturated carbocycles.